The summed E-state index contributed by atoms with van der Waals surface area (Å²) in [5.74, 6) is 1.05. The van der Waals surface area contributed by atoms with Crippen LogP contribution < -0.4 is 5.32 Å². The summed E-state index contributed by atoms with van der Waals surface area (Å²) < 4.78 is 5.31. The van der Waals surface area contributed by atoms with Gasteiger partial charge in [0.2, 0.25) is 11.8 Å². The third kappa shape index (κ3) is 5.70. The van der Waals surface area contributed by atoms with Crippen LogP contribution in [0.15, 0.2) is 22.7 Å². The Balaban J connectivity index is 1.91. The van der Waals surface area contributed by atoms with Gasteiger partial charge in [0.25, 0.3) is 0 Å². The van der Waals surface area contributed by atoms with Gasteiger partial charge in [-0.1, -0.05) is 41.7 Å². The zero-order valence-corrected chi connectivity index (χ0v) is 16.1. The fourth-order valence-electron chi connectivity index (χ4n) is 2.20. The Hall–Kier alpha value is -1.63. The molecule has 0 saturated heterocycles. The van der Waals surface area contributed by atoms with E-state index in [2.05, 4.69) is 22.4 Å². The fourth-order valence-corrected chi connectivity index (χ4v) is 2.50. The summed E-state index contributed by atoms with van der Waals surface area (Å²) in [5, 5.41) is 7.61. The van der Waals surface area contributed by atoms with Crippen molar-refractivity contribution in [3.63, 3.8) is 0 Å². The van der Waals surface area contributed by atoms with Crippen molar-refractivity contribution in [2.45, 2.75) is 39.2 Å². The Morgan fingerprint density at radius 2 is 2.12 bits per heavy atom. The monoisotopic (exact) mass is 384 g/mol. The second-order valence-electron chi connectivity index (χ2n) is 5.92. The summed E-state index contributed by atoms with van der Waals surface area (Å²) in [6.07, 6.45) is 2.90. The number of carbonyl (C=O) groups excluding carboxylic acids is 1. The molecule has 1 aromatic heterocycles. The number of halogens is 2. The van der Waals surface area contributed by atoms with Crippen molar-refractivity contribution in [1.82, 2.24) is 15.0 Å². The van der Waals surface area contributed by atoms with Crippen molar-refractivity contribution < 1.29 is 9.32 Å². The molecule has 1 aromatic carbocycles. The van der Waals surface area contributed by atoms with Crippen LogP contribution in [0.4, 0.5) is 5.69 Å². The van der Waals surface area contributed by atoms with E-state index in [4.69, 9.17) is 27.7 Å². The van der Waals surface area contributed by atoms with Gasteiger partial charge in [-0.25, -0.2) is 0 Å². The van der Waals surface area contributed by atoms with Crippen LogP contribution in [0.3, 0.4) is 0 Å². The minimum Gasteiger partial charge on any atom is -0.338 e. The minimum absolute atomic E-state index is 0.164. The second-order valence-corrected chi connectivity index (χ2v) is 6.73. The highest BCUT2D eigenvalue weighted by Crippen LogP contribution is 2.25. The zero-order chi connectivity index (χ0) is 18.4. The first kappa shape index (κ1) is 19.7. The highest BCUT2D eigenvalue weighted by molar-refractivity contribution is 6.42. The van der Waals surface area contributed by atoms with E-state index >= 15 is 0 Å². The molecular formula is C17H22Cl2N4O2. The third-order valence-electron chi connectivity index (χ3n) is 3.85. The van der Waals surface area contributed by atoms with Crippen LogP contribution in [0.2, 0.25) is 10.0 Å². The van der Waals surface area contributed by atoms with E-state index in [1.807, 2.05) is 18.9 Å². The number of carbonyl (C=O) groups is 1. The molecule has 2 aromatic rings. The maximum absolute atomic E-state index is 12.2. The molecule has 0 bridgehead atoms. The lowest BCUT2D eigenvalue weighted by Gasteiger charge is -2.20. The maximum Gasteiger partial charge on any atom is 0.243 e. The van der Waals surface area contributed by atoms with Crippen LogP contribution in [0.25, 0.3) is 0 Å². The molecule has 136 valence electrons. The average Bonchev–Trinajstić information content (AvgIpc) is 3.04. The minimum atomic E-state index is -0.168. The van der Waals surface area contributed by atoms with Gasteiger partial charge in [0.05, 0.1) is 22.6 Å². The van der Waals surface area contributed by atoms with Gasteiger partial charge in [0, 0.05) is 12.1 Å². The summed E-state index contributed by atoms with van der Waals surface area (Å²) >= 11 is 11.8. The first-order valence-corrected chi connectivity index (χ1v) is 8.94. The molecule has 1 amide bonds. The predicted octanol–water partition coefficient (Wildman–Crippen LogP) is 4.35. The van der Waals surface area contributed by atoms with Crippen molar-refractivity contribution in [2.75, 3.05) is 18.9 Å². The average molecular weight is 385 g/mol. The number of nitrogens with one attached hydrogen (secondary N) is 1. The number of likely N-dealkylation sites (N-methyl/N-ethyl adjacent to an activating group) is 1. The standard InChI is InChI=1S/C17H22Cl2N4O2/c1-4-5-6-15-21-17(25-22-15)11(2)23(3)10-16(24)20-12-7-8-13(18)14(19)9-12/h7-9,11H,4-6,10H2,1-3H3,(H,20,24). The Bertz CT molecular complexity index is 720. The first-order valence-electron chi connectivity index (χ1n) is 8.18. The van der Waals surface area contributed by atoms with Crippen LogP contribution >= 0.6 is 23.2 Å². The van der Waals surface area contributed by atoms with Crippen molar-refractivity contribution in [3.05, 3.63) is 40.0 Å². The zero-order valence-electron chi connectivity index (χ0n) is 14.6. The van der Waals surface area contributed by atoms with E-state index in [-0.39, 0.29) is 18.5 Å². The quantitative estimate of drug-likeness (QED) is 0.732. The van der Waals surface area contributed by atoms with Gasteiger partial charge in [0.1, 0.15) is 0 Å². The normalized spacial score (nSPS) is 12.4. The molecular weight excluding hydrogens is 363 g/mol. The molecule has 6 nitrogen and oxygen atoms in total. The molecule has 0 aliphatic carbocycles. The van der Waals surface area contributed by atoms with E-state index in [0.29, 0.717) is 27.4 Å². The topological polar surface area (TPSA) is 71.3 Å². The maximum atomic E-state index is 12.2. The molecule has 1 N–H and O–H groups in total. The van der Waals surface area contributed by atoms with Crippen molar-refractivity contribution in [1.29, 1.82) is 0 Å². The van der Waals surface area contributed by atoms with E-state index in [1.165, 1.54) is 0 Å². The fraction of sp³-hybridized carbons (Fsp3) is 0.471. The molecule has 25 heavy (non-hydrogen) atoms. The smallest absolute Gasteiger partial charge is 0.243 e. The van der Waals surface area contributed by atoms with Crippen LogP contribution in [0.5, 0.6) is 0 Å². The van der Waals surface area contributed by atoms with E-state index in [1.54, 1.807) is 18.2 Å². The van der Waals surface area contributed by atoms with E-state index in [0.717, 1.165) is 19.3 Å². The van der Waals surface area contributed by atoms with Gasteiger partial charge >= 0.3 is 0 Å². The second kappa shape index (κ2) is 9.17. The molecule has 1 atom stereocenters. The van der Waals surface area contributed by atoms with Gasteiger partial charge < -0.3 is 9.84 Å². The number of anilines is 1. The largest absolute Gasteiger partial charge is 0.338 e. The highest BCUT2D eigenvalue weighted by atomic mass is 35.5. The van der Waals surface area contributed by atoms with Gasteiger partial charge in [-0.2, -0.15) is 4.98 Å². The molecule has 0 saturated carbocycles. The first-order chi connectivity index (χ1) is 11.9. The number of aryl methyl sites for hydroxylation is 1. The number of amides is 1. The van der Waals surface area contributed by atoms with Crippen LogP contribution in [0, 0.1) is 0 Å². The predicted molar refractivity (Wildman–Crippen MR) is 99.0 cm³/mol. The Labute approximate surface area is 157 Å². The van der Waals surface area contributed by atoms with Crippen molar-refractivity contribution >= 4 is 34.8 Å². The van der Waals surface area contributed by atoms with E-state index in [9.17, 15) is 4.79 Å². The number of hydrogen-bond donors (Lipinski definition) is 1. The number of aromatic nitrogens is 2. The van der Waals surface area contributed by atoms with Gasteiger partial charge in [0.15, 0.2) is 5.82 Å². The molecule has 0 spiro atoms. The lowest BCUT2D eigenvalue weighted by atomic mass is 10.2. The summed E-state index contributed by atoms with van der Waals surface area (Å²) in [7, 11) is 1.83. The highest BCUT2D eigenvalue weighted by Gasteiger charge is 2.20. The van der Waals surface area contributed by atoms with Gasteiger partial charge in [-0.05, 0) is 38.6 Å². The molecule has 8 heteroatoms. The SMILES string of the molecule is CCCCc1noc(C(C)N(C)CC(=O)Nc2ccc(Cl)c(Cl)c2)n1. The summed E-state index contributed by atoms with van der Waals surface area (Å²) in [4.78, 5) is 18.4. The van der Waals surface area contributed by atoms with Gasteiger partial charge in [-0.3, -0.25) is 9.69 Å². The molecule has 0 radical (unpaired) electrons. The van der Waals surface area contributed by atoms with Gasteiger partial charge in [-0.15, -0.1) is 0 Å². The number of hydrogen-bond acceptors (Lipinski definition) is 5. The summed E-state index contributed by atoms with van der Waals surface area (Å²) in [6, 6.07) is 4.79. The van der Waals surface area contributed by atoms with Crippen LogP contribution in [-0.4, -0.2) is 34.5 Å². The lowest BCUT2D eigenvalue weighted by molar-refractivity contribution is -0.117. The molecule has 0 fully saturated rings. The molecule has 0 aliphatic heterocycles. The van der Waals surface area contributed by atoms with Crippen LogP contribution in [0.1, 0.15) is 44.4 Å². The lowest BCUT2D eigenvalue weighted by Crippen LogP contribution is -2.32. The number of rotatable bonds is 8. The Kier molecular flexibility index (Phi) is 7.23. The molecule has 1 heterocycles. The number of unbranched alkanes of at least 4 members (excludes halogenated alkanes) is 1. The molecule has 2 rings (SSSR count). The number of benzene rings is 1. The Morgan fingerprint density at radius 1 is 1.36 bits per heavy atom. The number of nitrogens with zero attached hydrogens (tertiary/aromatic N) is 3. The molecule has 0 aliphatic rings. The van der Waals surface area contributed by atoms with Crippen molar-refractivity contribution in [3.8, 4) is 0 Å². The van der Waals surface area contributed by atoms with E-state index < -0.39 is 0 Å². The van der Waals surface area contributed by atoms with Crippen LogP contribution in [-0.2, 0) is 11.2 Å². The third-order valence-corrected chi connectivity index (χ3v) is 4.59. The summed E-state index contributed by atoms with van der Waals surface area (Å²) in [6.45, 7) is 4.21. The summed E-state index contributed by atoms with van der Waals surface area (Å²) in [5.41, 5.74) is 0.597. The van der Waals surface area contributed by atoms with Crippen molar-refractivity contribution in [2.24, 2.45) is 0 Å². The molecule has 1 unspecified atom stereocenters. The Morgan fingerprint density at radius 3 is 2.80 bits per heavy atom.